The molecule has 1 heterocycles. The molecule has 0 aliphatic heterocycles. The molecule has 3 unspecified atom stereocenters. The van der Waals surface area contributed by atoms with Gasteiger partial charge >= 0.3 is 0 Å². The Labute approximate surface area is 169 Å². The summed E-state index contributed by atoms with van der Waals surface area (Å²) in [5.41, 5.74) is 1.54. The first-order chi connectivity index (χ1) is 14.2. The van der Waals surface area contributed by atoms with Gasteiger partial charge in [-0.15, -0.1) is 0 Å². The Morgan fingerprint density at radius 1 is 0.966 bits per heavy atom. The van der Waals surface area contributed by atoms with E-state index >= 15 is 0 Å². The van der Waals surface area contributed by atoms with Gasteiger partial charge in [0.1, 0.15) is 5.69 Å². The molecule has 0 radical (unpaired) electrons. The monoisotopic (exact) mass is 387 g/mol. The first-order valence-corrected chi connectivity index (χ1v) is 10.8. The highest BCUT2D eigenvalue weighted by Crippen LogP contribution is 2.73. The highest BCUT2D eigenvalue weighted by molar-refractivity contribution is 6.09. The zero-order valence-corrected chi connectivity index (χ0v) is 16.3. The average Bonchev–Trinajstić information content (AvgIpc) is 3.27. The molecule has 5 nitrogen and oxygen atoms in total. The maximum atomic E-state index is 12.5. The van der Waals surface area contributed by atoms with Gasteiger partial charge in [-0.25, -0.2) is 0 Å². The molecule has 4 aliphatic rings. The van der Waals surface area contributed by atoms with Gasteiger partial charge in [0.15, 0.2) is 0 Å². The number of benzene rings is 2. The summed E-state index contributed by atoms with van der Waals surface area (Å²) in [7, 11) is 0. The van der Waals surface area contributed by atoms with Crippen LogP contribution in [0.4, 0.5) is 0 Å². The molecule has 3 aromatic rings. The fraction of sp³-hybridized carbons (Fsp3) is 0.417. The molecular weight excluding hydrogens is 362 g/mol. The highest BCUT2D eigenvalue weighted by atomic mass is 16.2. The predicted molar refractivity (Wildman–Crippen MR) is 112 cm³/mol. The lowest BCUT2D eigenvalue weighted by atomic mass is 9.97. The Hall–Kier alpha value is -2.82. The molecule has 2 amide bonds. The molecule has 0 saturated heterocycles. The van der Waals surface area contributed by atoms with Gasteiger partial charge in [0, 0.05) is 29.9 Å². The van der Waals surface area contributed by atoms with Crippen molar-refractivity contribution in [1.82, 2.24) is 15.6 Å². The number of aromatic nitrogens is 1. The van der Waals surface area contributed by atoms with Gasteiger partial charge in [-0.2, -0.15) is 0 Å². The molecule has 0 spiro atoms. The number of aromatic amines is 1. The third kappa shape index (κ3) is 2.67. The van der Waals surface area contributed by atoms with Crippen LogP contribution in [-0.2, 0) is 4.79 Å². The number of amides is 2. The number of nitrogens with one attached hydrogen (secondary N) is 3. The lowest BCUT2D eigenvalue weighted by Gasteiger charge is -2.14. The smallest absolute Gasteiger partial charge is 0.267 e. The van der Waals surface area contributed by atoms with Crippen molar-refractivity contribution in [3.63, 3.8) is 0 Å². The Bertz CT molecular complexity index is 1120. The van der Waals surface area contributed by atoms with E-state index in [0.717, 1.165) is 34.5 Å². The summed E-state index contributed by atoms with van der Waals surface area (Å²) in [6.07, 6.45) is 3.31. The maximum Gasteiger partial charge on any atom is 0.267 e. The van der Waals surface area contributed by atoms with Gasteiger partial charge in [-0.05, 0) is 65.8 Å². The largest absolute Gasteiger partial charge is 0.356 e. The van der Waals surface area contributed by atoms with Crippen molar-refractivity contribution in [2.24, 2.45) is 29.6 Å². The number of hydrogen-bond acceptors (Lipinski definition) is 2. The summed E-state index contributed by atoms with van der Waals surface area (Å²) < 4.78 is 0. The van der Waals surface area contributed by atoms with E-state index < -0.39 is 0 Å². The zero-order chi connectivity index (χ0) is 19.5. The van der Waals surface area contributed by atoms with Crippen molar-refractivity contribution in [3.05, 3.63) is 48.2 Å². The second-order valence-electron chi connectivity index (χ2n) is 8.99. The van der Waals surface area contributed by atoms with E-state index in [1.54, 1.807) is 0 Å². The molecule has 2 aromatic carbocycles. The number of carbonyl (C=O) groups excluding carboxylic acids is 2. The van der Waals surface area contributed by atoms with E-state index in [2.05, 4.69) is 33.8 Å². The van der Waals surface area contributed by atoms with Crippen LogP contribution in [-0.4, -0.2) is 29.9 Å². The Morgan fingerprint density at radius 2 is 1.76 bits per heavy atom. The fourth-order valence-corrected chi connectivity index (χ4v) is 6.19. The van der Waals surface area contributed by atoms with Crippen LogP contribution in [0.1, 0.15) is 29.8 Å². The summed E-state index contributed by atoms with van der Waals surface area (Å²) in [6.45, 7) is 1.18. The van der Waals surface area contributed by atoms with Gasteiger partial charge in [0.25, 0.3) is 5.91 Å². The minimum Gasteiger partial charge on any atom is -0.356 e. The summed E-state index contributed by atoms with van der Waals surface area (Å²) in [5, 5.41) is 9.43. The second-order valence-corrected chi connectivity index (χ2v) is 8.99. The van der Waals surface area contributed by atoms with Crippen LogP contribution in [0.5, 0.6) is 0 Å². The number of fused-ring (bicyclic) bond motifs is 3. The first-order valence-electron chi connectivity index (χ1n) is 10.8. The van der Waals surface area contributed by atoms with Gasteiger partial charge in [-0.1, -0.05) is 30.3 Å². The summed E-state index contributed by atoms with van der Waals surface area (Å²) >= 11 is 0. The summed E-state index contributed by atoms with van der Waals surface area (Å²) in [4.78, 5) is 28.2. The third-order valence-corrected chi connectivity index (χ3v) is 7.48. The molecule has 1 aromatic heterocycles. The van der Waals surface area contributed by atoms with Crippen LogP contribution in [0.3, 0.4) is 0 Å². The molecule has 3 N–H and O–H groups in total. The van der Waals surface area contributed by atoms with Crippen LogP contribution >= 0.6 is 0 Å². The van der Waals surface area contributed by atoms with Gasteiger partial charge < -0.3 is 15.6 Å². The SMILES string of the molecule is O=C(NCCCNC(=O)C1C2CC3C(C2)C31)c1cc2c(ccc3ccccc32)[nH]1. The molecular formula is C24H25N3O2. The number of H-pyrrole nitrogens is 1. The normalized spacial score (nSPS) is 28.8. The van der Waals surface area contributed by atoms with Crippen LogP contribution < -0.4 is 10.6 Å². The van der Waals surface area contributed by atoms with E-state index in [1.165, 1.54) is 18.2 Å². The summed E-state index contributed by atoms with van der Waals surface area (Å²) in [6, 6.07) is 14.2. The van der Waals surface area contributed by atoms with Crippen molar-refractivity contribution in [3.8, 4) is 0 Å². The molecule has 7 rings (SSSR count). The van der Waals surface area contributed by atoms with E-state index in [9.17, 15) is 9.59 Å². The minimum atomic E-state index is -0.103. The molecule has 3 atom stereocenters. The average molecular weight is 387 g/mol. The van der Waals surface area contributed by atoms with Crippen LogP contribution in [0, 0.1) is 29.6 Å². The summed E-state index contributed by atoms with van der Waals surface area (Å²) in [5.74, 6) is 3.49. The van der Waals surface area contributed by atoms with E-state index in [0.29, 0.717) is 30.6 Å². The fourth-order valence-electron chi connectivity index (χ4n) is 6.19. The molecule has 4 saturated carbocycles. The van der Waals surface area contributed by atoms with E-state index in [4.69, 9.17) is 0 Å². The number of carbonyl (C=O) groups is 2. The minimum absolute atomic E-state index is 0.103. The molecule has 4 aliphatic carbocycles. The lowest BCUT2D eigenvalue weighted by molar-refractivity contribution is -0.126. The number of rotatable bonds is 6. The van der Waals surface area contributed by atoms with Crippen LogP contribution in [0.25, 0.3) is 21.7 Å². The molecule has 5 heteroatoms. The molecule has 4 bridgehead atoms. The quantitative estimate of drug-likeness (QED) is 0.567. The topological polar surface area (TPSA) is 74.0 Å². The van der Waals surface area contributed by atoms with E-state index in [1.807, 2.05) is 24.3 Å². The van der Waals surface area contributed by atoms with Crippen molar-refractivity contribution in [2.45, 2.75) is 19.3 Å². The van der Waals surface area contributed by atoms with Crippen molar-refractivity contribution < 1.29 is 9.59 Å². The number of hydrogen-bond donors (Lipinski definition) is 3. The Kier molecular flexibility index (Phi) is 3.73. The van der Waals surface area contributed by atoms with Crippen molar-refractivity contribution in [2.75, 3.05) is 13.1 Å². The highest BCUT2D eigenvalue weighted by Gasteiger charge is 2.70. The van der Waals surface area contributed by atoms with Crippen molar-refractivity contribution in [1.29, 1.82) is 0 Å². The predicted octanol–water partition coefficient (Wildman–Crippen LogP) is 3.46. The van der Waals surface area contributed by atoms with Gasteiger partial charge in [0.2, 0.25) is 5.91 Å². The van der Waals surface area contributed by atoms with Gasteiger partial charge in [-0.3, -0.25) is 9.59 Å². The Balaban J connectivity index is 1.02. The lowest BCUT2D eigenvalue weighted by Crippen LogP contribution is -2.35. The van der Waals surface area contributed by atoms with E-state index in [-0.39, 0.29) is 17.7 Å². The maximum absolute atomic E-state index is 12.5. The molecule has 148 valence electrons. The zero-order valence-electron chi connectivity index (χ0n) is 16.3. The molecule has 29 heavy (non-hydrogen) atoms. The van der Waals surface area contributed by atoms with Gasteiger partial charge in [0.05, 0.1) is 0 Å². The Morgan fingerprint density at radius 3 is 2.55 bits per heavy atom. The molecule has 4 fully saturated rings. The van der Waals surface area contributed by atoms with Crippen LogP contribution in [0.15, 0.2) is 42.5 Å². The standard InChI is InChI=1S/C24H25N3O2/c28-23(20-12-16-15-5-2-1-4-13(15)6-7-19(16)27-20)25-8-3-9-26-24(29)21-14-10-17-18(11-14)22(17)21/h1-2,4-7,12,14,17-18,21-22,27H,3,8-11H2,(H,25,28)(H,26,29). The second kappa shape index (κ2) is 6.34. The third-order valence-electron chi connectivity index (χ3n) is 7.48. The first kappa shape index (κ1) is 17.1. The van der Waals surface area contributed by atoms with Crippen molar-refractivity contribution >= 4 is 33.5 Å². The van der Waals surface area contributed by atoms with Crippen LogP contribution in [0.2, 0.25) is 0 Å².